The summed E-state index contributed by atoms with van der Waals surface area (Å²) in [4.78, 5) is 24.1. The number of nitrogens with zero attached hydrogens (tertiary/aromatic N) is 1. The molecule has 1 saturated heterocycles. The summed E-state index contributed by atoms with van der Waals surface area (Å²) < 4.78 is 0. The topological polar surface area (TPSA) is 63.4 Å². The molecule has 0 aromatic rings. The Morgan fingerprint density at radius 2 is 2.21 bits per heavy atom. The fourth-order valence-corrected chi connectivity index (χ4v) is 1.80. The van der Waals surface area contributed by atoms with E-state index in [1.54, 1.807) is 11.8 Å². The number of nitrogens with two attached hydrogens (primary N) is 1. The lowest BCUT2D eigenvalue weighted by molar-refractivity contribution is -0.134. The first-order chi connectivity index (χ1) is 6.52. The normalized spacial score (nSPS) is 24.4. The van der Waals surface area contributed by atoms with Crippen LogP contribution in [0.5, 0.6) is 0 Å². The number of hydrogen-bond acceptors (Lipinski definition) is 2. The number of halogens is 1. The molecule has 1 heterocycles. The van der Waals surface area contributed by atoms with Crippen molar-refractivity contribution in [1.29, 1.82) is 0 Å². The molecule has 1 aliphatic heterocycles. The summed E-state index contributed by atoms with van der Waals surface area (Å²) in [5.74, 6) is -0.648. The second kappa shape index (κ2) is 4.64. The molecule has 0 aliphatic carbocycles. The summed E-state index contributed by atoms with van der Waals surface area (Å²) in [7, 11) is 0. The molecule has 1 fully saturated rings. The van der Waals surface area contributed by atoms with Crippen LogP contribution < -0.4 is 5.73 Å². The minimum Gasteiger partial charge on any atom is -0.369 e. The van der Waals surface area contributed by atoms with Crippen molar-refractivity contribution in [2.24, 2.45) is 11.7 Å². The van der Waals surface area contributed by atoms with Gasteiger partial charge in [-0.2, -0.15) is 0 Å². The number of piperidine rings is 1. The summed E-state index contributed by atoms with van der Waals surface area (Å²) in [6, 6.07) is 0. The molecule has 2 amide bonds. The minimum absolute atomic E-state index is 0.113. The van der Waals surface area contributed by atoms with Crippen LogP contribution in [0.4, 0.5) is 0 Å². The summed E-state index contributed by atoms with van der Waals surface area (Å²) >= 11 is 5.68. The number of alkyl halides is 1. The molecule has 0 aromatic heterocycles. The molecular formula is C9H15ClN2O2. The Morgan fingerprint density at radius 3 is 2.71 bits per heavy atom. The van der Waals surface area contributed by atoms with Gasteiger partial charge in [-0.3, -0.25) is 9.59 Å². The van der Waals surface area contributed by atoms with Crippen LogP contribution in [0.25, 0.3) is 0 Å². The fourth-order valence-electron chi connectivity index (χ4n) is 1.66. The molecule has 14 heavy (non-hydrogen) atoms. The van der Waals surface area contributed by atoms with Crippen molar-refractivity contribution in [2.45, 2.75) is 25.1 Å². The van der Waals surface area contributed by atoms with Gasteiger partial charge in [-0.05, 0) is 19.8 Å². The molecule has 2 unspecified atom stereocenters. The van der Waals surface area contributed by atoms with E-state index in [0.29, 0.717) is 13.1 Å². The lowest BCUT2D eigenvalue weighted by atomic mass is 9.97. The van der Waals surface area contributed by atoms with E-state index in [1.807, 2.05) is 0 Å². The number of carbonyl (C=O) groups is 2. The standard InChI is InChI=1S/C9H15ClN2O2/c1-6(10)9(14)12-4-2-3-7(5-12)8(11)13/h6-7H,2-5H2,1H3,(H2,11,13). The van der Waals surface area contributed by atoms with Crippen LogP contribution in [-0.2, 0) is 9.59 Å². The number of likely N-dealkylation sites (tertiary alicyclic amines) is 1. The van der Waals surface area contributed by atoms with Crippen molar-refractivity contribution < 1.29 is 9.59 Å². The zero-order valence-electron chi connectivity index (χ0n) is 8.20. The molecule has 0 aromatic carbocycles. The lowest BCUT2D eigenvalue weighted by Crippen LogP contribution is -2.46. The Kier molecular flexibility index (Phi) is 3.75. The van der Waals surface area contributed by atoms with Crippen molar-refractivity contribution in [3.63, 3.8) is 0 Å². The van der Waals surface area contributed by atoms with E-state index in [-0.39, 0.29) is 17.7 Å². The first kappa shape index (κ1) is 11.3. The zero-order valence-corrected chi connectivity index (χ0v) is 8.96. The van der Waals surface area contributed by atoms with Gasteiger partial charge in [0, 0.05) is 13.1 Å². The minimum atomic E-state index is -0.526. The van der Waals surface area contributed by atoms with Gasteiger partial charge in [0.25, 0.3) is 0 Å². The predicted molar refractivity (Wildman–Crippen MR) is 53.8 cm³/mol. The predicted octanol–water partition coefficient (Wildman–Crippen LogP) is 0.338. The molecule has 1 aliphatic rings. The molecule has 0 spiro atoms. The van der Waals surface area contributed by atoms with Gasteiger partial charge in [0.1, 0.15) is 5.38 Å². The maximum Gasteiger partial charge on any atom is 0.240 e. The summed E-state index contributed by atoms with van der Waals surface area (Å²) in [6.07, 6.45) is 1.60. The molecule has 2 N–H and O–H groups in total. The Hall–Kier alpha value is -0.770. The van der Waals surface area contributed by atoms with Gasteiger partial charge in [-0.1, -0.05) is 0 Å². The highest BCUT2D eigenvalue weighted by Gasteiger charge is 2.28. The van der Waals surface area contributed by atoms with Crippen LogP contribution in [0.2, 0.25) is 0 Å². The second-order valence-electron chi connectivity index (χ2n) is 3.64. The highest BCUT2D eigenvalue weighted by atomic mass is 35.5. The molecule has 0 radical (unpaired) electrons. The fraction of sp³-hybridized carbons (Fsp3) is 0.778. The molecule has 5 heteroatoms. The molecular weight excluding hydrogens is 204 g/mol. The van der Waals surface area contributed by atoms with Gasteiger partial charge < -0.3 is 10.6 Å². The van der Waals surface area contributed by atoms with Gasteiger partial charge >= 0.3 is 0 Å². The Labute approximate surface area is 88.4 Å². The Bertz CT molecular complexity index is 243. The third-order valence-corrected chi connectivity index (χ3v) is 2.66. The van der Waals surface area contributed by atoms with E-state index in [1.165, 1.54) is 0 Å². The van der Waals surface area contributed by atoms with E-state index in [2.05, 4.69) is 0 Å². The van der Waals surface area contributed by atoms with E-state index < -0.39 is 5.38 Å². The maximum absolute atomic E-state index is 11.5. The Morgan fingerprint density at radius 1 is 1.57 bits per heavy atom. The van der Waals surface area contributed by atoms with Crippen LogP contribution in [0.3, 0.4) is 0 Å². The first-order valence-electron chi connectivity index (χ1n) is 4.74. The number of primary amides is 1. The molecule has 4 nitrogen and oxygen atoms in total. The third kappa shape index (κ3) is 2.61. The number of rotatable bonds is 2. The first-order valence-corrected chi connectivity index (χ1v) is 5.18. The molecule has 1 rings (SSSR count). The van der Waals surface area contributed by atoms with E-state index >= 15 is 0 Å². The van der Waals surface area contributed by atoms with Crippen LogP contribution in [0.15, 0.2) is 0 Å². The quantitative estimate of drug-likeness (QED) is 0.680. The second-order valence-corrected chi connectivity index (χ2v) is 4.30. The highest BCUT2D eigenvalue weighted by molar-refractivity contribution is 6.30. The van der Waals surface area contributed by atoms with Gasteiger partial charge in [0.2, 0.25) is 11.8 Å². The summed E-state index contributed by atoms with van der Waals surface area (Å²) in [5.41, 5.74) is 5.20. The average Bonchev–Trinajstić information content (AvgIpc) is 2.16. The third-order valence-electron chi connectivity index (χ3n) is 2.48. The van der Waals surface area contributed by atoms with Crippen LogP contribution in [-0.4, -0.2) is 35.2 Å². The van der Waals surface area contributed by atoms with Gasteiger partial charge in [0.05, 0.1) is 5.92 Å². The van der Waals surface area contributed by atoms with Crippen molar-refractivity contribution >= 4 is 23.4 Å². The molecule has 80 valence electrons. The number of amides is 2. The van der Waals surface area contributed by atoms with Crippen LogP contribution in [0, 0.1) is 5.92 Å². The zero-order chi connectivity index (χ0) is 10.7. The molecule has 0 saturated carbocycles. The van der Waals surface area contributed by atoms with E-state index in [9.17, 15) is 9.59 Å². The number of hydrogen-bond donors (Lipinski definition) is 1. The lowest BCUT2D eigenvalue weighted by Gasteiger charge is -2.31. The highest BCUT2D eigenvalue weighted by Crippen LogP contribution is 2.17. The molecule has 0 bridgehead atoms. The number of carbonyl (C=O) groups excluding carboxylic acids is 2. The summed E-state index contributed by atoms with van der Waals surface area (Å²) in [5, 5.41) is -0.526. The van der Waals surface area contributed by atoms with Crippen LogP contribution >= 0.6 is 11.6 Å². The average molecular weight is 219 g/mol. The van der Waals surface area contributed by atoms with Gasteiger partial charge in [-0.25, -0.2) is 0 Å². The van der Waals surface area contributed by atoms with E-state index in [0.717, 1.165) is 12.8 Å². The van der Waals surface area contributed by atoms with Crippen molar-refractivity contribution in [3.8, 4) is 0 Å². The van der Waals surface area contributed by atoms with Crippen molar-refractivity contribution in [3.05, 3.63) is 0 Å². The monoisotopic (exact) mass is 218 g/mol. The van der Waals surface area contributed by atoms with Gasteiger partial charge in [0.15, 0.2) is 0 Å². The smallest absolute Gasteiger partial charge is 0.240 e. The van der Waals surface area contributed by atoms with Crippen molar-refractivity contribution in [2.75, 3.05) is 13.1 Å². The van der Waals surface area contributed by atoms with Crippen molar-refractivity contribution in [1.82, 2.24) is 4.90 Å². The SMILES string of the molecule is CC(Cl)C(=O)N1CCCC(C(N)=O)C1. The van der Waals surface area contributed by atoms with Crippen LogP contribution in [0.1, 0.15) is 19.8 Å². The maximum atomic E-state index is 11.5. The van der Waals surface area contributed by atoms with E-state index in [4.69, 9.17) is 17.3 Å². The molecule has 2 atom stereocenters. The van der Waals surface area contributed by atoms with Gasteiger partial charge in [-0.15, -0.1) is 11.6 Å². The Balaban J connectivity index is 2.56. The summed E-state index contributed by atoms with van der Waals surface area (Å²) in [6.45, 7) is 2.74. The largest absolute Gasteiger partial charge is 0.369 e.